The number of benzene rings is 1. The summed E-state index contributed by atoms with van der Waals surface area (Å²) in [7, 11) is 1.04. The number of hydrogen-bond acceptors (Lipinski definition) is 5. The number of alkyl halides is 3. The number of ether oxygens (including phenoxy) is 2. The highest BCUT2D eigenvalue weighted by molar-refractivity contribution is 5.97. The van der Waals surface area contributed by atoms with Gasteiger partial charge in [0.15, 0.2) is 23.0 Å². The Morgan fingerprint density at radius 3 is 2.45 bits per heavy atom. The fraction of sp³-hybridized carbons (Fsp3) is 0.409. The maximum atomic E-state index is 14.4. The molecule has 6 nitrogen and oxygen atoms in total. The van der Waals surface area contributed by atoms with Gasteiger partial charge in [-0.2, -0.15) is 17.6 Å². The van der Waals surface area contributed by atoms with Crippen molar-refractivity contribution in [1.82, 2.24) is 4.98 Å². The summed E-state index contributed by atoms with van der Waals surface area (Å²) in [5.41, 5.74) is -2.77. The first-order valence-electron chi connectivity index (χ1n) is 9.86. The van der Waals surface area contributed by atoms with Crippen LogP contribution in [0.5, 0.6) is 5.75 Å². The molecule has 1 aliphatic heterocycles. The Balaban J connectivity index is 2.07. The Kier molecular flexibility index (Phi) is 6.47. The zero-order valence-electron chi connectivity index (χ0n) is 18.1. The van der Waals surface area contributed by atoms with Gasteiger partial charge in [-0.15, -0.1) is 0 Å². The summed E-state index contributed by atoms with van der Waals surface area (Å²) in [6, 6.07) is 4.43. The third kappa shape index (κ3) is 4.29. The molecule has 1 saturated heterocycles. The van der Waals surface area contributed by atoms with Crippen molar-refractivity contribution in [2.75, 3.05) is 12.4 Å². The number of nitrogens with zero attached hydrogens (tertiary/aromatic N) is 1. The van der Waals surface area contributed by atoms with Crippen molar-refractivity contribution in [3.63, 3.8) is 0 Å². The van der Waals surface area contributed by atoms with Crippen LogP contribution in [0.1, 0.15) is 42.7 Å². The largest absolute Gasteiger partial charge is 0.493 e. The molecule has 1 aromatic carbocycles. The first-order chi connectivity index (χ1) is 15.3. The van der Waals surface area contributed by atoms with Gasteiger partial charge in [0.25, 0.3) is 5.91 Å². The summed E-state index contributed by atoms with van der Waals surface area (Å²) >= 11 is 0. The van der Waals surface area contributed by atoms with Crippen molar-refractivity contribution in [2.24, 2.45) is 5.92 Å². The summed E-state index contributed by atoms with van der Waals surface area (Å²) in [5.74, 6) is -7.31. The molecule has 2 aromatic rings. The van der Waals surface area contributed by atoms with Crippen LogP contribution in [0, 0.1) is 17.6 Å². The molecule has 2 heterocycles. The summed E-state index contributed by atoms with van der Waals surface area (Å²) < 4.78 is 80.2. The number of carbonyl (C=O) groups excluding carboxylic acids is 2. The predicted molar refractivity (Wildman–Crippen MR) is 107 cm³/mol. The van der Waals surface area contributed by atoms with E-state index in [9.17, 15) is 31.5 Å². The lowest BCUT2D eigenvalue weighted by molar-refractivity contribution is -0.272. The molecule has 1 aliphatic rings. The van der Waals surface area contributed by atoms with Crippen molar-refractivity contribution in [1.29, 1.82) is 0 Å². The van der Waals surface area contributed by atoms with E-state index in [2.05, 4.69) is 10.3 Å². The smallest absolute Gasteiger partial charge is 0.417 e. The molecule has 3 rings (SSSR count). The Bertz CT molecular complexity index is 1090. The highest BCUT2D eigenvalue weighted by Crippen LogP contribution is 2.55. The van der Waals surface area contributed by atoms with Crippen molar-refractivity contribution in [3.05, 3.63) is 53.4 Å². The number of halogens is 5. The van der Waals surface area contributed by atoms with Gasteiger partial charge in [-0.05, 0) is 25.1 Å². The number of carbonyl (C=O) groups is 2. The van der Waals surface area contributed by atoms with Gasteiger partial charge in [0, 0.05) is 36.2 Å². The summed E-state index contributed by atoms with van der Waals surface area (Å²) in [6.45, 7) is 3.27. The molecule has 0 saturated carbocycles. The van der Waals surface area contributed by atoms with Gasteiger partial charge < -0.3 is 14.8 Å². The van der Waals surface area contributed by atoms with Crippen LogP contribution in [0.3, 0.4) is 0 Å². The number of ketones is 1. The Morgan fingerprint density at radius 2 is 1.88 bits per heavy atom. The SMILES string of the molecule is COc1c([C@H]2[C@@H](C(=O)Nc3ccnc(C(C)=O)c3)O[C@](C)(C(F)(F)F)[C@H]2C)ccc(F)c1F. The van der Waals surface area contributed by atoms with Crippen molar-refractivity contribution in [2.45, 2.75) is 44.6 Å². The van der Waals surface area contributed by atoms with Gasteiger partial charge in [-0.25, -0.2) is 4.39 Å². The average molecular weight is 472 g/mol. The fourth-order valence-electron chi connectivity index (χ4n) is 3.95. The number of pyridine rings is 1. The third-order valence-corrected chi connectivity index (χ3v) is 5.96. The Morgan fingerprint density at radius 1 is 1.21 bits per heavy atom. The first kappa shape index (κ1) is 24.6. The number of aromatic nitrogens is 1. The van der Waals surface area contributed by atoms with Crippen molar-refractivity contribution in [3.8, 4) is 5.75 Å². The van der Waals surface area contributed by atoms with E-state index in [0.717, 1.165) is 26.2 Å². The van der Waals surface area contributed by atoms with E-state index in [0.29, 0.717) is 0 Å². The minimum absolute atomic E-state index is 0.0347. The molecule has 1 N–H and O–H groups in total. The Labute approximate surface area is 186 Å². The second-order valence-electron chi connectivity index (χ2n) is 7.92. The highest BCUT2D eigenvalue weighted by atomic mass is 19.4. The quantitative estimate of drug-likeness (QED) is 0.507. The van der Waals surface area contributed by atoms with Crippen LogP contribution >= 0.6 is 0 Å². The van der Waals surface area contributed by atoms with E-state index in [-0.39, 0.29) is 22.7 Å². The van der Waals surface area contributed by atoms with Crippen molar-refractivity contribution < 1.29 is 41.0 Å². The third-order valence-electron chi connectivity index (χ3n) is 5.96. The van der Waals surface area contributed by atoms with Crippen LogP contribution in [0.15, 0.2) is 30.5 Å². The zero-order valence-corrected chi connectivity index (χ0v) is 18.1. The predicted octanol–water partition coefficient (Wildman–Crippen LogP) is 4.65. The molecule has 178 valence electrons. The molecule has 11 heteroatoms. The maximum Gasteiger partial charge on any atom is 0.417 e. The fourth-order valence-corrected chi connectivity index (χ4v) is 3.95. The van der Waals surface area contributed by atoms with Crippen LogP contribution in [0.4, 0.5) is 27.6 Å². The number of Topliss-reactive ketones (excluding diaryl/α,β-unsaturated/α-hetero) is 1. The average Bonchev–Trinajstić information content (AvgIpc) is 3.02. The summed E-state index contributed by atoms with van der Waals surface area (Å²) in [6.07, 6.45) is -5.36. The molecular weight excluding hydrogens is 451 g/mol. The van der Waals surface area contributed by atoms with E-state index >= 15 is 0 Å². The molecule has 0 radical (unpaired) electrons. The Hall–Kier alpha value is -3.08. The lowest BCUT2D eigenvalue weighted by Crippen LogP contribution is -2.47. The lowest BCUT2D eigenvalue weighted by atomic mass is 9.77. The molecule has 1 fully saturated rings. The van der Waals surface area contributed by atoms with Gasteiger partial charge >= 0.3 is 6.18 Å². The minimum atomic E-state index is -4.87. The summed E-state index contributed by atoms with van der Waals surface area (Å²) in [5, 5.41) is 2.42. The van der Waals surface area contributed by atoms with Crippen molar-refractivity contribution >= 4 is 17.4 Å². The standard InChI is InChI=1S/C22H21F5N2O4/c1-10-16(13-5-6-14(23)17(24)18(13)32-4)19(33-21(10,3)22(25,26)27)20(31)29-12-7-8-28-15(9-12)11(2)30/h5-10,16,19H,1-4H3,(H,28,29,31)/t10-,16-,19-,21-/m0/s1. The summed E-state index contributed by atoms with van der Waals surface area (Å²) in [4.78, 5) is 28.5. The van der Waals surface area contributed by atoms with Crippen LogP contribution in [0.25, 0.3) is 0 Å². The van der Waals surface area contributed by atoms with Gasteiger partial charge in [-0.1, -0.05) is 13.0 Å². The molecule has 0 spiro atoms. The van der Waals surface area contributed by atoms with E-state index in [1.807, 2.05) is 0 Å². The van der Waals surface area contributed by atoms with Crippen LogP contribution in [-0.4, -0.2) is 41.7 Å². The molecule has 0 bridgehead atoms. The van der Waals surface area contributed by atoms with E-state index in [1.165, 1.54) is 32.2 Å². The minimum Gasteiger partial charge on any atom is -0.493 e. The van der Waals surface area contributed by atoms with Crippen LogP contribution in [0.2, 0.25) is 0 Å². The normalized spacial score (nSPS) is 25.1. The van der Waals surface area contributed by atoms with Gasteiger partial charge in [0.1, 0.15) is 11.8 Å². The van der Waals surface area contributed by atoms with Crippen LogP contribution in [-0.2, 0) is 9.53 Å². The van der Waals surface area contributed by atoms with E-state index < -0.39 is 53.0 Å². The molecule has 0 aliphatic carbocycles. The van der Waals surface area contributed by atoms with E-state index in [1.54, 1.807) is 0 Å². The molecule has 0 unspecified atom stereocenters. The first-order valence-corrected chi connectivity index (χ1v) is 9.86. The van der Waals surface area contributed by atoms with Crippen LogP contribution < -0.4 is 10.1 Å². The number of nitrogens with one attached hydrogen (secondary N) is 1. The number of rotatable bonds is 5. The second kappa shape index (κ2) is 8.69. The highest BCUT2D eigenvalue weighted by Gasteiger charge is 2.65. The number of amides is 1. The second-order valence-corrected chi connectivity index (χ2v) is 7.92. The molecule has 4 atom stereocenters. The number of hydrogen-bond donors (Lipinski definition) is 1. The molecule has 33 heavy (non-hydrogen) atoms. The van der Waals surface area contributed by atoms with Gasteiger partial charge in [-0.3, -0.25) is 14.6 Å². The molecular formula is C22H21F5N2O4. The monoisotopic (exact) mass is 472 g/mol. The topological polar surface area (TPSA) is 77.5 Å². The zero-order chi connectivity index (χ0) is 24.7. The lowest BCUT2D eigenvalue weighted by Gasteiger charge is -2.32. The molecule has 1 aromatic heterocycles. The van der Waals surface area contributed by atoms with Gasteiger partial charge in [0.2, 0.25) is 5.82 Å². The van der Waals surface area contributed by atoms with E-state index in [4.69, 9.17) is 9.47 Å². The number of methoxy groups -OCH3 is 1. The number of anilines is 1. The maximum absolute atomic E-state index is 14.4. The van der Waals surface area contributed by atoms with Gasteiger partial charge in [0.05, 0.1) is 7.11 Å². The molecule has 1 amide bonds.